The highest BCUT2D eigenvalue weighted by molar-refractivity contribution is 5.98. The predicted octanol–water partition coefficient (Wildman–Crippen LogP) is 1.18. The number of carbonyl (C=O) groups excluding carboxylic acids is 2. The molecular weight excluding hydrogens is 360 g/mol. The molecule has 7 nitrogen and oxygen atoms in total. The highest BCUT2D eigenvalue weighted by Gasteiger charge is 2.39. The van der Waals surface area contributed by atoms with E-state index >= 15 is 0 Å². The third kappa shape index (κ3) is 4.31. The second-order valence-corrected chi connectivity index (χ2v) is 6.39. The summed E-state index contributed by atoms with van der Waals surface area (Å²) in [6.45, 7) is 0.0376. The van der Waals surface area contributed by atoms with E-state index in [-0.39, 0.29) is 18.9 Å². The summed E-state index contributed by atoms with van der Waals surface area (Å²) in [7, 11) is 1.60. The van der Waals surface area contributed by atoms with Crippen molar-refractivity contribution in [3.05, 3.63) is 65.2 Å². The normalized spacial score (nSPS) is 18.2. The van der Waals surface area contributed by atoms with Crippen molar-refractivity contribution in [2.75, 3.05) is 13.7 Å². The minimum absolute atomic E-state index is 0.0376. The van der Waals surface area contributed by atoms with Crippen molar-refractivity contribution in [1.82, 2.24) is 10.4 Å². The Hall–Kier alpha value is -3.34. The number of nitrogens with one attached hydrogen (secondary N) is 1. The molecule has 2 atom stereocenters. The van der Waals surface area contributed by atoms with Crippen molar-refractivity contribution < 1.29 is 24.6 Å². The standard InChI is InChI=1S/C21H20N2O5/c1-28-18-10-6-15(7-11-18)3-2-14-4-8-16(9-5-14)21(26)23-13-17(24)12-19(23)20(25)22-27/h4-11,17,19,24,27H,12-13H2,1H3,(H,22,25)/t17-,19-/m0/s1. The summed E-state index contributed by atoms with van der Waals surface area (Å²) < 4.78 is 5.11. The summed E-state index contributed by atoms with van der Waals surface area (Å²) >= 11 is 0. The Balaban J connectivity index is 1.72. The molecule has 0 unspecified atom stereocenters. The van der Waals surface area contributed by atoms with Crippen LogP contribution >= 0.6 is 0 Å². The van der Waals surface area contributed by atoms with Gasteiger partial charge in [-0.1, -0.05) is 11.8 Å². The predicted molar refractivity (Wildman–Crippen MR) is 101 cm³/mol. The van der Waals surface area contributed by atoms with Gasteiger partial charge in [0.2, 0.25) is 0 Å². The lowest BCUT2D eigenvalue weighted by Gasteiger charge is -2.22. The van der Waals surface area contributed by atoms with Crippen LogP contribution in [-0.2, 0) is 4.79 Å². The largest absolute Gasteiger partial charge is 0.497 e. The first-order valence-electron chi connectivity index (χ1n) is 8.71. The van der Waals surface area contributed by atoms with Gasteiger partial charge in [-0.3, -0.25) is 14.8 Å². The third-order valence-corrected chi connectivity index (χ3v) is 4.53. The van der Waals surface area contributed by atoms with E-state index in [2.05, 4.69) is 11.8 Å². The molecule has 1 aliphatic rings. The average molecular weight is 380 g/mol. The molecule has 0 spiro atoms. The van der Waals surface area contributed by atoms with Gasteiger partial charge in [0.25, 0.3) is 11.8 Å². The number of carbonyl (C=O) groups is 2. The van der Waals surface area contributed by atoms with Gasteiger partial charge in [0, 0.05) is 29.7 Å². The van der Waals surface area contributed by atoms with Crippen LogP contribution in [0.25, 0.3) is 0 Å². The number of amides is 2. The number of methoxy groups -OCH3 is 1. The molecule has 7 heteroatoms. The summed E-state index contributed by atoms with van der Waals surface area (Å²) in [5, 5.41) is 18.6. The van der Waals surface area contributed by atoms with E-state index in [1.165, 1.54) is 4.90 Å². The molecule has 2 aromatic rings. The van der Waals surface area contributed by atoms with E-state index in [1.54, 1.807) is 36.9 Å². The minimum Gasteiger partial charge on any atom is -0.497 e. The molecule has 3 rings (SSSR count). The van der Waals surface area contributed by atoms with Gasteiger partial charge < -0.3 is 14.7 Å². The number of aliphatic hydroxyl groups excluding tert-OH is 1. The minimum atomic E-state index is -0.901. The Morgan fingerprint density at radius 1 is 1.07 bits per heavy atom. The van der Waals surface area contributed by atoms with E-state index in [0.29, 0.717) is 5.56 Å². The fourth-order valence-electron chi connectivity index (χ4n) is 3.04. The number of hydrogen-bond acceptors (Lipinski definition) is 5. The van der Waals surface area contributed by atoms with Crippen LogP contribution in [0.4, 0.5) is 0 Å². The molecular formula is C21H20N2O5. The highest BCUT2D eigenvalue weighted by Crippen LogP contribution is 2.21. The number of ether oxygens (including phenoxy) is 1. The van der Waals surface area contributed by atoms with Crippen molar-refractivity contribution in [2.24, 2.45) is 0 Å². The van der Waals surface area contributed by atoms with Crippen LogP contribution in [0.1, 0.15) is 27.9 Å². The number of hydroxylamine groups is 1. The third-order valence-electron chi connectivity index (χ3n) is 4.53. The Labute approximate surface area is 162 Å². The fraction of sp³-hybridized carbons (Fsp3) is 0.238. The SMILES string of the molecule is COc1ccc(C#Cc2ccc(C(=O)N3C[C@@H](O)C[C@H]3C(=O)NO)cc2)cc1. The Bertz CT molecular complexity index is 913. The number of benzene rings is 2. The maximum atomic E-state index is 12.7. The molecule has 144 valence electrons. The van der Waals surface area contributed by atoms with Gasteiger partial charge in [0.05, 0.1) is 13.2 Å². The topological polar surface area (TPSA) is 99.1 Å². The highest BCUT2D eigenvalue weighted by atomic mass is 16.5. The average Bonchev–Trinajstić information content (AvgIpc) is 3.13. The monoisotopic (exact) mass is 380 g/mol. The van der Waals surface area contributed by atoms with Crippen molar-refractivity contribution in [2.45, 2.75) is 18.6 Å². The molecule has 1 saturated heterocycles. The number of β-amino-alcohol motifs (C(OH)–C–C–N with tert-alkyl or cyclic N) is 1. The van der Waals surface area contributed by atoms with Crippen LogP contribution in [-0.4, -0.2) is 52.8 Å². The van der Waals surface area contributed by atoms with Crippen LogP contribution in [0.2, 0.25) is 0 Å². The summed E-state index contributed by atoms with van der Waals surface area (Å²) in [5.41, 5.74) is 3.49. The second-order valence-electron chi connectivity index (χ2n) is 6.39. The molecule has 0 aromatic heterocycles. The maximum Gasteiger partial charge on any atom is 0.266 e. The summed E-state index contributed by atoms with van der Waals surface area (Å²) in [5.74, 6) is 5.71. The van der Waals surface area contributed by atoms with Crippen molar-refractivity contribution in [1.29, 1.82) is 0 Å². The van der Waals surface area contributed by atoms with Gasteiger partial charge in [-0.2, -0.15) is 0 Å². The Morgan fingerprint density at radius 3 is 2.18 bits per heavy atom. The molecule has 1 fully saturated rings. The molecule has 3 N–H and O–H groups in total. The van der Waals surface area contributed by atoms with Gasteiger partial charge >= 0.3 is 0 Å². The Kier molecular flexibility index (Phi) is 5.94. The van der Waals surface area contributed by atoms with E-state index in [4.69, 9.17) is 9.94 Å². The molecule has 0 radical (unpaired) electrons. The molecule has 1 heterocycles. The summed E-state index contributed by atoms with van der Waals surface area (Å²) in [4.78, 5) is 25.7. The zero-order valence-electron chi connectivity index (χ0n) is 15.3. The quantitative estimate of drug-likeness (QED) is 0.422. The lowest BCUT2D eigenvalue weighted by atomic mass is 10.1. The summed E-state index contributed by atoms with van der Waals surface area (Å²) in [6.07, 6.45) is -0.718. The number of hydrogen-bond donors (Lipinski definition) is 3. The van der Waals surface area contributed by atoms with E-state index in [1.807, 2.05) is 24.3 Å². The van der Waals surface area contributed by atoms with Crippen molar-refractivity contribution >= 4 is 11.8 Å². The first-order chi connectivity index (χ1) is 13.5. The molecule has 0 bridgehead atoms. The second kappa shape index (κ2) is 8.57. The molecule has 2 aromatic carbocycles. The number of nitrogens with zero attached hydrogens (tertiary/aromatic N) is 1. The maximum absolute atomic E-state index is 12.7. The van der Waals surface area contributed by atoms with Crippen LogP contribution < -0.4 is 10.2 Å². The molecule has 0 aliphatic carbocycles. The number of likely N-dealkylation sites (tertiary alicyclic amines) is 1. The molecule has 1 aliphatic heterocycles. The van der Waals surface area contributed by atoms with Gasteiger partial charge in [-0.15, -0.1) is 0 Å². The fourth-order valence-corrected chi connectivity index (χ4v) is 3.04. The summed E-state index contributed by atoms with van der Waals surface area (Å²) in [6, 6.07) is 13.2. The Morgan fingerprint density at radius 2 is 1.64 bits per heavy atom. The van der Waals surface area contributed by atoms with Crippen LogP contribution in [0, 0.1) is 11.8 Å². The molecule has 2 amide bonds. The smallest absolute Gasteiger partial charge is 0.266 e. The van der Waals surface area contributed by atoms with Crippen LogP contribution in [0.5, 0.6) is 5.75 Å². The van der Waals surface area contributed by atoms with Crippen molar-refractivity contribution in [3.63, 3.8) is 0 Å². The molecule has 28 heavy (non-hydrogen) atoms. The lowest BCUT2D eigenvalue weighted by molar-refractivity contribution is -0.133. The number of aliphatic hydroxyl groups is 1. The van der Waals surface area contributed by atoms with Crippen LogP contribution in [0.3, 0.4) is 0 Å². The first-order valence-corrected chi connectivity index (χ1v) is 8.71. The van der Waals surface area contributed by atoms with Crippen LogP contribution in [0.15, 0.2) is 48.5 Å². The van der Waals surface area contributed by atoms with E-state index in [0.717, 1.165) is 16.9 Å². The number of rotatable bonds is 3. The van der Waals surface area contributed by atoms with E-state index in [9.17, 15) is 14.7 Å². The zero-order chi connectivity index (χ0) is 20.1. The van der Waals surface area contributed by atoms with Gasteiger partial charge in [-0.25, -0.2) is 5.48 Å². The lowest BCUT2D eigenvalue weighted by Crippen LogP contribution is -2.45. The van der Waals surface area contributed by atoms with Gasteiger partial charge in [0.1, 0.15) is 11.8 Å². The first kappa shape index (κ1) is 19.4. The van der Waals surface area contributed by atoms with Crippen molar-refractivity contribution in [3.8, 4) is 17.6 Å². The molecule has 0 saturated carbocycles. The van der Waals surface area contributed by atoms with Gasteiger partial charge in [-0.05, 0) is 48.5 Å². The zero-order valence-corrected chi connectivity index (χ0v) is 15.3. The van der Waals surface area contributed by atoms with Gasteiger partial charge in [0.15, 0.2) is 0 Å². The van der Waals surface area contributed by atoms with E-state index < -0.39 is 18.1 Å².